The molecule has 4 amide bonds. The lowest BCUT2D eigenvalue weighted by Gasteiger charge is -2.29. The smallest absolute Gasteiger partial charge is 0.347 e. The Kier molecular flexibility index (Phi) is 5.77. The third-order valence-electron chi connectivity index (χ3n) is 4.96. The van der Waals surface area contributed by atoms with Gasteiger partial charge in [0.1, 0.15) is 6.04 Å². The highest BCUT2D eigenvalue weighted by Gasteiger charge is 2.49. The van der Waals surface area contributed by atoms with Crippen molar-refractivity contribution in [2.24, 2.45) is 0 Å². The van der Waals surface area contributed by atoms with Crippen LogP contribution in [0.15, 0.2) is 0 Å². The number of likely N-dealkylation sites (N-methyl/N-ethyl adjacent to an activating group) is 1. The zero-order chi connectivity index (χ0) is 20.6. The molecule has 0 spiro atoms. The third kappa shape index (κ3) is 4.35. The van der Waals surface area contributed by atoms with Crippen molar-refractivity contribution < 1.29 is 36.5 Å². The van der Waals surface area contributed by atoms with E-state index >= 15 is 0 Å². The summed E-state index contributed by atoms with van der Waals surface area (Å²) in [5.41, 5.74) is 2.32. The van der Waals surface area contributed by atoms with E-state index in [0.29, 0.717) is 24.4 Å². The Morgan fingerprint density at radius 3 is 2.68 bits per heavy atom. The first-order valence-corrected chi connectivity index (χ1v) is 10.1. The number of hydrogen-bond acceptors (Lipinski definition) is 8. The molecule has 0 aromatic rings. The zero-order valence-electron chi connectivity index (χ0n) is 15.4. The minimum atomic E-state index is -4.84. The highest BCUT2D eigenvalue weighted by atomic mass is 32.3. The highest BCUT2D eigenvalue weighted by molar-refractivity contribution is 7.80. The first-order chi connectivity index (χ1) is 13.1. The minimum Gasteiger partial charge on any atom is -0.347 e. The fraction of sp³-hybridized carbons (Fsp3) is 0.786. The van der Waals surface area contributed by atoms with E-state index in [0.717, 1.165) is 0 Å². The van der Waals surface area contributed by atoms with Crippen LogP contribution in [0.2, 0.25) is 0 Å². The molecule has 13 nitrogen and oxygen atoms in total. The largest absolute Gasteiger partial charge is 0.418 e. The second-order valence-electron chi connectivity index (χ2n) is 7.15. The lowest BCUT2D eigenvalue weighted by atomic mass is 10.0. The highest BCUT2D eigenvalue weighted by Crippen LogP contribution is 2.30. The summed E-state index contributed by atoms with van der Waals surface area (Å²) in [6.07, 6.45) is 0.590. The monoisotopic (exact) mass is 421 g/mol. The van der Waals surface area contributed by atoms with Gasteiger partial charge in [-0.25, -0.2) is 10.3 Å². The van der Waals surface area contributed by atoms with Crippen LogP contribution >= 0.6 is 0 Å². The number of fused-ring (bicyclic) bond motifs is 2. The normalized spacial score (nSPS) is 29.9. The summed E-state index contributed by atoms with van der Waals surface area (Å²) in [6.45, 7) is 0.479. The fourth-order valence-corrected chi connectivity index (χ4v) is 3.99. The van der Waals surface area contributed by atoms with Gasteiger partial charge in [0.2, 0.25) is 5.91 Å². The van der Waals surface area contributed by atoms with Gasteiger partial charge in [-0.2, -0.15) is 13.5 Å². The lowest BCUT2D eigenvalue weighted by Crippen LogP contribution is -2.50. The van der Waals surface area contributed by atoms with Crippen LogP contribution in [0, 0.1) is 0 Å². The van der Waals surface area contributed by atoms with Crippen LogP contribution in [0.1, 0.15) is 19.3 Å². The summed E-state index contributed by atoms with van der Waals surface area (Å²) in [4.78, 5) is 44.7. The predicted octanol–water partition coefficient (Wildman–Crippen LogP) is -2.14. The average Bonchev–Trinajstić information content (AvgIpc) is 3.18. The molecule has 2 bridgehead atoms. The molecule has 0 radical (unpaired) electrons. The first-order valence-electron chi connectivity index (χ1n) is 8.73. The second kappa shape index (κ2) is 7.79. The Labute approximate surface area is 161 Å². The van der Waals surface area contributed by atoms with E-state index in [2.05, 4.69) is 15.1 Å². The zero-order valence-corrected chi connectivity index (χ0v) is 16.2. The van der Waals surface area contributed by atoms with Gasteiger partial charge in [-0.3, -0.25) is 19.0 Å². The number of carbonyl (C=O) groups excluding carboxylic acids is 3. The molecule has 3 rings (SSSR count). The van der Waals surface area contributed by atoms with Gasteiger partial charge in [0, 0.05) is 33.6 Å². The van der Waals surface area contributed by atoms with Crippen molar-refractivity contribution in [3.8, 4) is 0 Å². The Morgan fingerprint density at radius 2 is 2.04 bits per heavy atom. The molecule has 3 unspecified atom stereocenters. The number of rotatable bonds is 6. The number of hydrogen-bond donors (Lipinski definition) is 3. The Balaban J connectivity index is 1.52. The molecule has 3 saturated heterocycles. The van der Waals surface area contributed by atoms with Crippen molar-refractivity contribution in [2.45, 2.75) is 43.5 Å². The summed E-state index contributed by atoms with van der Waals surface area (Å²) >= 11 is 0. The lowest BCUT2D eigenvalue weighted by molar-refractivity contribution is -0.143. The second-order valence-corrected chi connectivity index (χ2v) is 8.15. The summed E-state index contributed by atoms with van der Waals surface area (Å²) in [5, 5.41) is 3.59. The maximum atomic E-state index is 12.5. The van der Waals surface area contributed by atoms with Gasteiger partial charge in [-0.1, -0.05) is 0 Å². The molecule has 0 aliphatic carbocycles. The van der Waals surface area contributed by atoms with Crippen LogP contribution in [-0.2, 0) is 29.1 Å². The van der Waals surface area contributed by atoms with E-state index < -0.39 is 46.6 Å². The Morgan fingerprint density at radius 1 is 1.32 bits per heavy atom. The van der Waals surface area contributed by atoms with Crippen LogP contribution in [0.5, 0.6) is 0 Å². The molecule has 3 N–H and O–H groups in total. The van der Waals surface area contributed by atoms with Crippen molar-refractivity contribution in [3.63, 3.8) is 0 Å². The van der Waals surface area contributed by atoms with E-state index in [1.807, 2.05) is 0 Å². The van der Waals surface area contributed by atoms with Crippen molar-refractivity contribution >= 4 is 28.2 Å². The van der Waals surface area contributed by atoms with Crippen molar-refractivity contribution in [1.82, 2.24) is 25.7 Å². The van der Waals surface area contributed by atoms with E-state index in [9.17, 15) is 22.8 Å². The van der Waals surface area contributed by atoms with Crippen LogP contribution in [0.4, 0.5) is 4.79 Å². The molecule has 0 aromatic carbocycles. The van der Waals surface area contributed by atoms with E-state index in [-0.39, 0.29) is 18.9 Å². The Hall–Kier alpha value is -2.00. The van der Waals surface area contributed by atoms with Gasteiger partial charge < -0.3 is 15.1 Å². The molecule has 158 valence electrons. The Bertz CT molecular complexity index is 759. The number of piperidine rings is 1. The van der Waals surface area contributed by atoms with Crippen molar-refractivity contribution in [2.75, 3.05) is 27.2 Å². The maximum absolute atomic E-state index is 12.5. The number of nitrogens with one attached hydrogen (secondary N) is 2. The van der Waals surface area contributed by atoms with Crippen LogP contribution < -0.4 is 10.8 Å². The SMILES string of the molecule is CN(C)C(=O)C1CC(ONC(=O)[C@@H]2CCC3CN2C(=O)N3OS(=O)(=O)O)CN1. The number of nitrogens with zero attached hydrogens (tertiary/aromatic N) is 3. The molecule has 14 heteroatoms. The molecule has 0 saturated carbocycles. The summed E-state index contributed by atoms with van der Waals surface area (Å²) in [7, 11) is -1.54. The first kappa shape index (κ1) is 20.7. The number of amides is 4. The summed E-state index contributed by atoms with van der Waals surface area (Å²) in [6, 6.07) is -2.64. The number of hydroxylamine groups is 3. The molecule has 3 aliphatic rings. The fourth-order valence-electron chi connectivity index (χ4n) is 3.61. The molecular weight excluding hydrogens is 398 g/mol. The van der Waals surface area contributed by atoms with E-state index in [1.54, 1.807) is 14.1 Å². The number of carbonyl (C=O) groups is 3. The van der Waals surface area contributed by atoms with Crippen LogP contribution in [-0.4, -0.2) is 97.1 Å². The van der Waals surface area contributed by atoms with Crippen LogP contribution in [0.3, 0.4) is 0 Å². The van der Waals surface area contributed by atoms with Gasteiger partial charge in [-0.15, -0.1) is 4.28 Å². The molecule has 3 heterocycles. The van der Waals surface area contributed by atoms with Gasteiger partial charge in [0.25, 0.3) is 5.91 Å². The molecule has 3 fully saturated rings. The molecular formula is C14H23N5O8S. The molecule has 28 heavy (non-hydrogen) atoms. The van der Waals surface area contributed by atoms with Crippen molar-refractivity contribution in [1.29, 1.82) is 0 Å². The van der Waals surface area contributed by atoms with Crippen LogP contribution in [0.25, 0.3) is 0 Å². The summed E-state index contributed by atoms with van der Waals surface area (Å²) in [5.74, 6) is -0.639. The average molecular weight is 421 g/mol. The van der Waals surface area contributed by atoms with Gasteiger partial charge in [-0.05, 0) is 12.8 Å². The quantitative estimate of drug-likeness (QED) is 0.321. The molecule has 3 aliphatic heterocycles. The summed E-state index contributed by atoms with van der Waals surface area (Å²) < 4.78 is 34.9. The standard InChI is InChI=1S/C14H23N5O8S/c1-17(2)13(21)10-5-9(6-15-10)26-16-12(20)11-4-3-8-7-18(11)14(22)19(8)27-28(23,24)25/h8-11,15H,3-7H2,1-2H3,(H,16,20)(H,23,24,25)/t8?,9?,10?,11-/m0/s1. The molecule has 4 atom stereocenters. The van der Waals surface area contributed by atoms with Gasteiger partial charge in [0.05, 0.1) is 18.2 Å². The predicted molar refractivity (Wildman–Crippen MR) is 91.5 cm³/mol. The van der Waals surface area contributed by atoms with Gasteiger partial charge >= 0.3 is 16.4 Å². The minimum absolute atomic E-state index is 0.0858. The maximum Gasteiger partial charge on any atom is 0.418 e. The van der Waals surface area contributed by atoms with E-state index in [1.165, 1.54) is 9.80 Å². The van der Waals surface area contributed by atoms with E-state index in [4.69, 9.17) is 9.39 Å². The number of urea groups is 1. The van der Waals surface area contributed by atoms with Gasteiger partial charge in [0.15, 0.2) is 0 Å². The topological polar surface area (TPSA) is 158 Å². The van der Waals surface area contributed by atoms with Crippen molar-refractivity contribution in [3.05, 3.63) is 0 Å². The third-order valence-corrected chi connectivity index (χ3v) is 5.30. The molecule has 0 aromatic heterocycles.